The summed E-state index contributed by atoms with van der Waals surface area (Å²) in [6.45, 7) is 6.13. The average Bonchev–Trinajstić information content (AvgIpc) is 2.48. The fourth-order valence-corrected chi connectivity index (χ4v) is 2.83. The van der Waals surface area contributed by atoms with E-state index in [0.717, 1.165) is 38.2 Å². The third-order valence-electron chi connectivity index (χ3n) is 3.97. The Bertz CT molecular complexity index is 511. The fourth-order valence-electron chi connectivity index (χ4n) is 2.83. The van der Waals surface area contributed by atoms with Crippen molar-refractivity contribution < 1.29 is 9.84 Å². The lowest BCUT2D eigenvalue weighted by Gasteiger charge is -2.30. The molecule has 1 aromatic rings. The van der Waals surface area contributed by atoms with Crippen LogP contribution in [0.5, 0.6) is 0 Å². The molecule has 0 radical (unpaired) electrons. The van der Waals surface area contributed by atoms with Crippen LogP contribution in [0.15, 0.2) is 10.9 Å². The van der Waals surface area contributed by atoms with Crippen LogP contribution in [0.3, 0.4) is 0 Å². The molecule has 0 spiro atoms. The van der Waals surface area contributed by atoms with Crippen molar-refractivity contribution in [3.63, 3.8) is 0 Å². The van der Waals surface area contributed by atoms with E-state index in [-0.39, 0.29) is 12.2 Å². The number of ether oxygens (including phenoxy) is 1. The standard InChI is InChI=1S/C15H24N2O3/c1-3-16-7-5-14-12(10-16)9-13(11-18)15(19)17(14)6-4-8-20-2/h9,18H,3-8,10-11H2,1-2H3. The number of aliphatic hydroxyl groups is 1. The van der Waals surface area contributed by atoms with Gasteiger partial charge in [0.15, 0.2) is 0 Å². The molecular weight excluding hydrogens is 256 g/mol. The van der Waals surface area contributed by atoms with Crippen LogP contribution in [0.1, 0.15) is 30.2 Å². The highest BCUT2D eigenvalue weighted by Crippen LogP contribution is 2.19. The minimum absolute atomic E-state index is 0.0488. The number of hydrogen-bond donors (Lipinski definition) is 1. The summed E-state index contributed by atoms with van der Waals surface area (Å²) in [6, 6.07) is 1.88. The summed E-state index contributed by atoms with van der Waals surface area (Å²) in [5.41, 5.74) is 2.76. The van der Waals surface area contributed by atoms with Gasteiger partial charge in [-0.1, -0.05) is 6.92 Å². The Balaban J connectivity index is 2.35. The largest absolute Gasteiger partial charge is 0.391 e. The van der Waals surface area contributed by atoms with Crippen molar-refractivity contribution in [2.45, 2.75) is 39.5 Å². The molecule has 5 nitrogen and oxygen atoms in total. The number of methoxy groups -OCH3 is 1. The van der Waals surface area contributed by atoms with Gasteiger partial charge >= 0.3 is 0 Å². The second-order valence-corrected chi connectivity index (χ2v) is 5.22. The van der Waals surface area contributed by atoms with E-state index in [9.17, 15) is 9.90 Å². The van der Waals surface area contributed by atoms with Gasteiger partial charge in [-0.2, -0.15) is 0 Å². The van der Waals surface area contributed by atoms with Crippen LogP contribution in [-0.4, -0.2) is 41.4 Å². The van der Waals surface area contributed by atoms with Crippen molar-refractivity contribution in [1.82, 2.24) is 9.47 Å². The first-order chi connectivity index (χ1) is 9.71. The van der Waals surface area contributed by atoms with Gasteiger partial charge < -0.3 is 14.4 Å². The van der Waals surface area contributed by atoms with Crippen molar-refractivity contribution >= 4 is 0 Å². The van der Waals surface area contributed by atoms with Gasteiger partial charge in [0.2, 0.25) is 0 Å². The van der Waals surface area contributed by atoms with Gasteiger partial charge in [0.1, 0.15) is 0 Å². The minimum atomic E-state index is -0.192. The van der Waals surface area contributed by atoms with Crippen LogP contribution in [0.4, 0.5) is 0 Å². The quantitative estimate of drug-likeness (QED) is 0.782. The average molecular weight is 280 g/mol. The van der Waals surface area contributed by atoms with E-state index in [2.05, 4.69) is 11.8 Å². The van der Waals surface area contributed by atoms with Gasteiger partial charge in [0, 0.05) is 51.0 Å². The van der Waals surface area contributed by atoms with E-state index in [4.69, 9.17) is 4.74 Å². The Morgan fingerprint density at radius 1 is 1.45 bits per heavy atom. The summed E-state index contributed by atoms with van der Waals surface area (Å²) < 4.78 is 6.91. The molecule has 20 heavy (non-hydrogen) atoms. The predicted molar refractivity (Wildman–Crippen MR) is 77.8 cm³/mol. The van der Waals surface area contributed by atoms with Crippen LogP contribution < -0.4 is 5.56 Å². The maximum atomic E-state index is 12.4. The van der Waals surface area contributed by atoms with E-state index < -0.39 is 0 Å². The van der Waals surface area contributed by atoms with Crippen molar-refractivity contribution in [1.29, 1.82) is 0 Å². The Labute approximate surface area is 119 Å². The monoisotopic (exact) mass is 280 g/mol. The summed E-state index contributed by atoms with van der Waals surface area (Å²) in [6.07, 6.45) is 1.71. The third kappa shape index (κ3) is 3.11. The smallest absolute Gasteiger partial charge is 0.256 e. The molecule has 0 bridgehead atoms. The van der Waals surface area contributed by atoms with Gasteiger partial charge in [0.05, 0.1) is 6.61 Å². The number of rotatable bonds is 6. The zero-order valence-corrected chi connectivity index (χ0v) is 12.4. The maximum absolute atomic E-state index is 12.4. The zero-order chi connectivity index (χ0) is 14.5. The van der Waals surface area contributed by atoms with E-state index in [1.807, 2.05) is 10.6 Å². The highest BCUT2D eigenvalue weighted by Gasteiger charge is 2.20. The summed E-state index contributed by atoms with van der Waals surface area (Å²) in [5.74, 6) is 0. The molecule has 0 atom stereocenters. The van der Waals surface area contributed by atoms with E-state index in [0.29, 0.717) is 18.7 Å². The molecule has 1 N–H and O–H groups in total. The number of aliphatic hydroxyl groups excluding tert-OH is 1. The number of likely N-dealkylation sites (N-methyl/N-ethyl adjacent to an activating group) is 1. The summed E-state index contributed by atoms with van der Waals surface area (Å²) in [4.78, 5) is 14.7. The Morgan fingerprint density at radius 3 is 2.90 bits per heavy atom. The lowest BCUT2D eigenvalue weighted by atomic mass is 10.0. The molecule has 0 saturated carbocycles. The highest BCUT2D eigenvalue weighted by atomic mass is 16.5. The lowest BCUT2D eigenvalue weighted by molar-refractivity contribution is 0.188. The van der Waals surface area contributed by atoms with Gasteiger partial charge in [-0.15, -0.1) is 0 Å². The fraction of sp³-hybridized carbons (Fsp3) is 0.667. The molecule has 1 aromatic heterocycles. The molecular formula is C15H24N2O3. The van der Waals surface area contributed by atoms with Crippen LogP contribution in [0.25, 0.3) is 0 Å². The molecule has 5 heteroatoms. The van der Waals surface area contributed by atoms with Crippen molar-refractivity contribution in [3.8, 4) is 0 Å². The van der Waals surface area contributed by atoms with Crippen molar-refractivity contribution in [2.24, 2.45) is 0 Å². The second-order valence-electron chi connectivity index (χ2n) is 5.22. The topological polar surface area (TPSA) is 54.7 Å². The number of nitrogens with zero attached hydrogens (tertiary/aromatic N) is 2. The normalized spacial score (nSPS) is 15.3. The third-order valence-corrected chi connectivity index (χ3v) is 3.97. The summed E-state index contributed by atoms with van der Waals surface area (Å²) in [5, 5.41) is 9.39. The van der Waals surface area contributed by atoms with Gasteiger partial charge in [-0.3, -0.25) is 9.69 Å². The van der Waals surface area contributed by atoms with E-state index >= 15 is 0 Å². The molecule has 2 heterocycles. The van der Waals surface area contributed by atoms with E-state index in [1.165, 1.54) is 5.56 Å². The Kier molecular flexibility index (Phi) is 5.34. The Hall–Kier alpha value is -1.17. The van der Waals surface area contributed by atoms with Crippen LogP contribution >= 0.6 is 0 Å². The SMILES string of the molecule is CCN1CCc2c(cc(CO)c(=O)n2CCCOC)C1. The molecule has 1 aliphatic rings. The highest BCUT2D eigenvalue weighted by molar-refractivity contribution is 5.28. The Morgan fingerprint density at radius 2 is 2.25 bits per heavy atom. The number of fused-ring (bicyclic) bond motifs is 1. The molecule has 0 saturated heterocycles. The lowest BCUT2D eigenvalue weighted by Crippen LogP contribution is -2.37. The number of hydrogen-bond acceptors (Lipinski definition) is 4. The van der Waals surface area contributed by atoms with Crippen LogP contribution in [0, 0.1) is 0 Å². The number of aromatic nitrogens is 1. The predicted octanol–water partition coefficient (Wildman–Crippen LogP) is 0.755. The first-order valence-corrected chi connectivity index (χ1v) is 7.27. The minimum Gasteiger partial charge on any atom is -0.391 e. The van der Waals surface area contributed by atoms with Gasteiger partial charge in [-0.05, 0) is 24.6 Å². The van der Waals surface area contributed by atoms with Crippen molar-refractivity contribution in [2.75, 3.05) is 26.8 Å². The van der Waals surface area contributed by atoms with Gasteiger partial charge in [0.25, 0.3) is 5.56 Å². The molecule has 0 amide bonds. The second kappa shape index (κ2) is 7.02. The maximum Gasteiger partial charge on any atom is 0.256 e. The first kappa shape index (κ1) is 15.2. The van der Waals surface area contributed by atoms with E-state index in [1.54, 1.807) is 7.11 Å². The molecule has 0 aliphatic carbocycles. The summed E-state index contributed by atoms with van der Waals surface area (Å²) >= 11 is 0. The van der Waals surface area contributed by atoms with Crippen LogP contribution in [0.2, 0.25) is 0 Å². The molecule has 1 aliphatic heterocycles. The molecule has 0 aromatic carbocycles. The zero-order valence-electron chi connectivity index (χ0n) is 12.4. The molecule has 112 valence electrons. The first-order valence-electron chi connectivity index (χ1n) is 7.27. The summed E-state index contributed by atoms with van der Waals surface area (Å²) in [7, 11) is 1.67. The van der Waals surface area contributed by atoms with Crippen LogP contribution in [-0.2, 0) is 30.9 Å². The van der Waals surface area contributed by atoms with Crippen molar-refractivity contribution in [3.05, 3.63) is 33.2 Å². The molecule has 0 fully saturated rings. The molecule has 0 unspecified atom stereocenters. The number of pyridine rings is 1. The molecule has 2 rings (SSSR count). The van der Waals surface area contributed by atoms with Gasteiger partial charge in [-0.25, -0.2) is 0 Å².